The zero-order chi connectivity index (χ0) is 25.3. The van der Waals surface area contributed by atoms with Gasteiger partial charge >= 0.3 is 12.1 Å². The van der Waals surface area contributed by atoms with Crippen molar-refractivity contribution < 1.29 is 19.1 Å². The maximum Gasteiger partial charge on any atom is 0.416 e. The number of aryl methyl sites for hydroxylation is 1. The van der Waals surface area contributed by atoms with Gasteiger partial charge in [0.1, 0.15) is 11.4 Å². The first kappa shape index (κ1) is 26.4. The molecule has 35 heavy (non-hydrogen) atoms. The van der Waals surface area contributed by atoms with Crippen LogP contribution in [-0.2, 0) is 20.7 Å². The number of ether oxygens (including phenoxy) is 2. The van der Waals surface area contributed by atoms with Crippen LogP contribution < -0.4 is 4.90 Å². The third kappa shape index (κ3) is 8.51. The minimum Gasteiger partial charge on any atom is -0.463 e. The minimum atomic E-state index is -0.606. The number of benzene rings is 1. The molecule has 1 aliphatic heterocycles. The fourth-order valence-electron chi connectivity index (χ4n) is 4.11. The third-order valence-electron chi connectivity index (χ3n) is 5.70. The predicted molar refractivity (Wildman–Crippen MR) is 138 cm³/mol. The van der Waals surface area contributed by atoms with Crippen molar-refractivity contribution in [1.82, 2.24) is 9.88 Å². The molecular formula is C28H37N3O4. The Kier molecular flexibility index (Phi) is 9.43. The fourth-order valence-corrected chi connectivity index (χ4v) is 4.11. The van der Waals surface area contributed by atoms with E-state index in [9.17, 15) is 9.59 Å². The molecule has 0 spiro atoms. The molecule has 1 atom stereocenters. The first-order valence-corrected chi connectivity index (χ1v) is 12.3. The van der Waals surface area contributed by atoms with E-state index < -0.39 is 17.7 Å². The summed E-state index contributed by atoms with van der Waals surface area (Å²) < 4.78 is 10.6. The normalized spacial score (nSPS) is 16.4. The van der Waals surface area contributed by atoms with Gasteiger partial charge in [0.05, 0.1) is 12.6 Å². The molecule has 0 unspecified atom stereocenters. The summed E-state index contributed by atoms with van der Waals surface area (Å²) >= 11 is 0. The van der Waals surface area contributed by atoms with Crippen LogP contribution in [0.3, 0.4) is 0 Å². The Morgan fingerprint density at radius 2 is 1.94 bits per heavy atom. The molecule has 0 saturated carbocycles. The number of aromatic nitrogens is 1. The van der Waals surface area contributed by atoms with Crippen molar-refractivity contribution in [3.63, 3.8) is 0 Å². The number of hydrogen-bond donors (Lipinski definition) is 0. The zero-order valence-electron chi connectivity index (χ0n) is 21.3. The molecule has 0 N–H and O–H groups in total. The van der Waals surface area contributed by atoms with Crippen molar-refractivity contribution in [2.24, 2.45) is 0 Å². The van der Waals surface area contributed by atoms with E-state index in [-0.39, 0.29) is 6.04 Å². The maximum absolute atomic E-state index is 13.2. The monoisotopic (exact) mass is 479 g/mol. The van der Waals surface area contributed by atoms with Crippen LogP contribution in [0.15, 0.2) is 54.7 Å². The molecule has 2 aromatic rings. The highest BCUT2D eigenvalue weighted by Crippen LogP contribution is 2.25. The molecule has 2 heterocycles. The number of pyridine rings is 1. The highest BCUT2D eigenvalue weighted by molar-refractivity contribution is 5.88. The first-order valence-electron chi connectivity index (χ1n) is 12.3. The summed E-state index contributed by atoms with van der Waals surface area (Å²) in [7, 11) is 0. The van der Waals surface area contributed by atoms with Crippen LogP contribution in [0.2, 0.25) is 0 Å². The van der Waals surface area contributed by atoms with E-state index in [1.54, 1.807) is 30.2 Å². The van der Waals surface area contributed by atoms with Crippen LogP contribution in [0.5, 0.6) is 0 Å². The van der Waals surface area contributed by atoms with Gasteiger partial charge in [0.2, 0.25) is 0 Å². The summed E-state index contributed by atoms with van der Waals surface area (Å²) in [5.74, 6) is 0.147. The molecule has 1 aliphatic rings. The molecule has 188 valence electrons. The third-order valence-corrected chi connectivity index (χ3v) is 5.70. The van der Waals surface area contributed by atoms with Crippen LogP contribution in [0.25, 0.3) is 6.08 Å². The number of carbonyl (C=O) groups is 2. The van der Waals surface area contributed by atoms with Crippen LogP contribution in [0.4, 0.5) is 10.6 Å². The first-order chi connectivity index (χ1) is 16.7. The van der Waals surface area contributed by atoms with Gasteiger partial charge in [-0.05, 0) is 82.8 Å². The van der Waals surface area contributed by atoms with E-state index in [0.29, 0.717) is 12.4 Å². The molecule has 1 aromatic carbocycles. The molecule has 1 amide bonds. The predicted octanol–water partition coefficient (Wildman–Crippen LogP) is 5.11. The Hall–Kier alpha value is -3.19. The molecule has 7 heteroatoms. The summed E-state index contributed by atoms with van der Waals surface area (Å²) in [6.07, 6.45) is 7.25. The zero-order valence-corrected chi connectivity index (χ0v) is 21.3. The second-order valence-corrected chi connectivity index (χ2v) is 9.72. The van der Waals surface area contributed by atoms with Crippen molar-refractivity contribution in [1.29, 1.82) is 0 Å². The number of likely N-dealkylation sites (tertiary alicyclic amines) is 1. The lowest BCUT2D eigenvalue weighted by Gasteiger charge is -2.31. The van der Waals surface area contributed by atoms with Crippen LogP contribution in [-0.4, -0.2) is 59.8 Å². The highest BCUT2D eigenvalue weighted by Gasteiger charge is 2.35. The van der Waals surface area contributed by atoms with Crippen LogP contribution in [0, 0.1) is 0 Å². The lowest BCUT2D eigenvalue weighted by Crippen LogP contribution is -2.45. The molecule has 0 aliphatic carbocycles. The molecular weight excluding hydrogens is 442 g/mol. The van der Waals surface area contributed by atoms with E-state index in [4.69, 9.17) is 9.47 Å². The Labute approximate surface area is 208 Å². The van der Waals surface area contributed by atoms with E-state index in [0.717, 1.165) is 44.5 Å². The van der Waals surface area contributed by atoms with Gasteiger partial charge in [0, 0.05) is 25.4 Å². The molecule has 3 rings (SSSR count). The second-order valence-electron chi connectivity index (χ2n) is 9.72. The Balaban J connectivity index is 1.67. The Bertz CT molecular complexity index is 984. The summed E-state index contributed by atoms with van der Waals surface area (Å²) in [6, 6.07) is 14.1. The summed E-state index contributed by atoms with van der Waals surface area (Å²) in [5.41, 5.74) is 1.49. The highest BCUT2D eigenvalue weighted by atomic mass is 16.6. The Morgan fingerprint density at radius 1 is 1.17 bits per heavy atom. The molecule has 1 fully saturated rings. The quantitative estimate of drug-likeness (QED) is 0.368. The standard InChI is InChI=1S/C28H37N3O4/c1-5-34-26(32)16-14-23-13-15-25(29-20-23)31(27(33)35-28(2,3)4)24-17-19-30(21-24)18-9-12-22-10-7-6-8-11-22/h6-8,10-11,13-16,20,24H,5,9,12,17-19,21H2,1-4H3/b16-14+/t24-/m1/s1. The Morgan fingerprint density at radius 3 is 2.60 bits per heavy atom. The van der Waals surface area contributed by atoms with Gasteiger partial charge in [-0.1, -0.05) is 30.3 Å². The van der Waals surface area contributed by atoms with Crippen LogP contribution >= 0.6 is 0 Å². The average Bonchev–Trinajstić information content (AvgIpc) is 3.26. The molecule has 1 aromatic heterocycles. The molecule has 0 bridgehead atoms. The van der Waals surface area contributed by atoms with Crippen molar-refractivity contribution in [3.8, 4) is 0 Å². The summed E-state index contributed by atoms with van der Waals surface area (Å²) in [6.45, 7) is 10.4. The van der Waals surface area contributed by atoms with Crippen molar-refractivity contribution in [3.05, 3.63) is 65.9 Å². The molecule has 7 nitrogen and oxygen atoms in total. The number of rotatable bonds is 9. The SMILES string of the molecule is CCOC(=O)/C=C/c1ccc(N(C(=O)OC(C)(C)C)[C@@H]2CCN(CCCc3ccccc3)C2)nc1. The van der Waals surface area contributed by atoms with Gasteiger partial charge in [0.15, 0.2) is 0 Å². The van der Waals surface area contributed by atoms with E-state index in [1.807, 2.05) is 32.9 Å². The second kappa shape index (κ2) is 12.5. The van der Waals surface area contributed by atoms with Gasteiger partial charge in [-0.15, -0.1) is 0 Å². The minimum absolute atomic E-state index is 0.0185. The van der Waals surface area contributed by atoms with E-state index >= 15 is 0 Å². The molecule has 1 saturated heterocycles. The van der Waals surface area contributed by atoms with Crippen molar-refractivity contribution >= 4 is 24.0 Å². The van der Waals surface area contributed by atoms with E-state index in [1.165, 1.54) is 11.6 Å². The van der Waals surface area contributed by atoms with Crippen LogP contribution in [0.1, 0.15) is 51.7 Å². The summed E-state index contributed by atoms with van der Waals surface area (Å²) in [5, 5.41) is 0. The van der Waals surface area contributed by atoms with Gasteiger partial charge in [-0.3, -0.25) is 4.90 Å². The number of amides is 1. The average molecular weight is 480 g/mol. The summed E-state index contributed by atoms with van der Waals surface area (Å²) in [4.78, 5) is 33.4. The fraction of sp³-hybridized carbons (Fsp3) is 0.464. The van der Waals surface area contributed by atoms with Gasteiger partial charge < -0.3 is 14.4 Å². The van der Waals surface area contributed by atoms with Gasteiger partial charge in [-0.25, -0.2) is 14.6 Å². The maximum atomic E-state index is 13.2. The topological polar surface area (TPSA) is 72.0 Å². The smallest absolute Gasteiger partial charge is 0.416 e. The number of carbonyl (C=O) groups excluding carboxylic acids is 2. The van der Waals surface area contributed by atoms with Gasteiger partial charge in [0.25, 0.3) is 0 Å². The lowest BCUT2D eigenvalue weighted by atomic mass is 10.1. The van der Waals surface area contributed by atoms with Crippen molar-refractivity contribution in [2.75, 3.05) is 31.1 Å². The number of hydrogen-bond acceptors (Lipinski definition) is 6. The molecule has 0 radical (unpaired) electrons. The van der Waals surface area contributed by atoms with Crippen molar-refractivity contribution in [2.45, 2.75) is 58.6 Å². The number of nitrogens with zero attached hydrogens (tertiary/aromatic N) is 3. The lowest BCUT2D eigenvalue weighted by molar-refractivity contribution is -0.137. The van der Waals surface area contributed by atoms with E-state index in [2.05, 4.69) is 34.1 Å². The number of anilines is 1. The number of esters is 1. The van der Waals surface area contributed by atoms with Gasteiger partial charge in [-0.2, -0.15) is 0 Å². The largest absolute Gasteiger partial charge is 0.463 e.